The fraction of sp³-hybridized carbons (Fsp3) is 0. The molecule has 0 aliphatic heterocycles. The smallest absolute Gasteiger partial charge is 0.280 e. The van der Waals surface area contributed by atoms with E-state index in [2.05, 4.69) is 20.9 Å². The van der Waals surface area contributed by atoms with Gasteiger partial charge in [0.05, 0.1) is 9.50 Å². The number of halogens is 4. The monoisotopic (exact) mass is 369 g/mol. The zero-order valence-corrected chi connectivity index (χ0v) is 12.3. The summed E-state index contributed by atoms with van der Waals surface area (Å²) in [5, 5.41) is 0.167. The summed E-state index contributed by atoms with van der Waals surface area (Å²) in [6.45, 7) is 0. The first kappa shape index (κ1) is 13.7. The van der Waals surface area contributed by atoms with E-state index in [0.717, 1.165) is 17.4 Å². The van der Waals surface area contributed by atoms with Crippen LogP contribution in [0.5, 0.6) is 10.9 Å². The molecule has 1 aromatic carbocycles. The van der Waals surface area contributed by atoms with Gasteiger partial charge in [0.25, 0.3) is 5.19 Å². The van der Waals surface area contributed by atoms with E-state index in [1.54, 1.807) is 0 Å². The Morgan fingerprint density at radius 3 is 2.78 bits per heavy atom. The number of nitrogens with zero attached hydrogens (tertiary/aromatic N) is 1. The zero-order chi connectivity index (χ0) is 13.3. The SMILES string of the molecule is O=Cc1sc(Oc2cc(F)c(Cl)cc2Br)nc1Cl. The van der Waals surface area contributed by atoms with Gasteiger partial charge in [-0.3, -0.25) is 4.79 Å². The lowest BCUT2D eigenvalue weighted by Crippen LogP contribution is -1.87. The Morgan fingerprint density at radius 2 is 2.17 bits per heavy atom. The minimum absolute atomic E-state index is 0.0278. The molecule has 0 unspecified atom stereocenters. The minimum atomic E-state index is -0.617. The van der Waals surface area contributed by atoms with Gasteiger partial charge in [-0.1, -0.05) is 34.5 Å². The van der Waals surface area contributed by atoms with E-state index in [-0.39, 0.29) is 26.0 Å². The summed E-state index contributed by atoms with van der Waals surface area (Å²) in [7, 11) is 0. The molecule has 0 radical (unpaired) electrons. The third kappa shape index (κ3) is 2.83. The molecule has 0 aliphatic rings. The standard InChI is InChI=1S/C10H3BrCl2FNO2S/c11-4-1-5(12)6(14)2-7(4)17-10-15-9(13)8(3-16)18-10/h1-3H. The van der Waals surface area contributed by atoms with Crippen LogP contribution in [0, 0.1) is 5.82 Å². The summed E-state index contributed by atoms with van der Waals surface area (Å²) in [6, 6.07) is 2.48. The van der Waals surface area contributed by atoms with Crippen molar-refractivity contribution >= 4 is 56.8 Å². The van der Waals surface area contributed by atoms with Crippen molar-refractivity contribution in [3.8, 4) is 10.9 Å². The fourth-order valence-electron chi connectivity index (χ4n) is 1.09. The Kier molecular flexibility index (Phi) is 4.21. The summed E-state index contributed by atoms with van der Waals surface area (Å²) in [6.07, 6.45) is 0.574. The summed E-state index contributed by atoms with van der Waals surface area (Å²) in [4.78, 5) is 14.7. The number of benzene rings is 1. The maximum atomic E-state index is 13.3. The van der Waals surface area contributed by atoms with Gasteiger partial charge in [-0.15, -0.1) is 0 Å². The number of rotatable bonds is 3. The Labute approximate surface area is 124 Å². The van der Waals surface area contributed by atoms with Gasteiger partial charge in [0.15, 0.2) is 11.4 Å². The van der Waals surface area contributed by atoms with Gasteiger partial charge in [0, 0.05) is 6.07 Å². The normalized spacial score (nSPS) is 10.4. The van der Waals surface area contributed by atoms with Crippen LogP contribution in [0.2, 0.25) is 10.2 Å². The molecule has 2 rings (SSSR count). The van der Waals surface area contributed by atoms with E-state index >= 15 is 0 Å². The molecule has 1 heterocycles. The molecular weight excluding hydrogens is 368 g/mol. The second kappa shape index (κ2) is 5.52. The highest BCUT2D eigenvalue weighted by molar-refractivity contribution is 9.10. The summed E-state index contributed by atoms with van der Waals surface area (Å²) >= 11 is 15.4. The van der Waals surface area contributed by atoms with Crippen LogP contribution in [0.25, 0.3) is 0 Å². The first-order valence-electron chi connectivity index (χ1n) is 4.45. The van der Waals surface area contributed by atoms with Crippen LogP contribution < -0.4 is 4.74 Å². The van der Waals surface area contributed by atoms with E-state index in [1.165, 1.54) is 6.07 Å². The summed E-state index contributed by atoms with van der Waals surface area (Å²) in [5.41, 5.74) is 0. The molecule has 0 saturated carbocycles. The first-order valence-corrected chi connectivity index (χ1v) is 6.81. The van der Waals surface area contributed by atoms with Crippen LogP contribution in [-0.2, 0) is 0 Å². The number of carbonyl (C=O) groups excluding carboxylic acids is 1. The second-order valence-electron chi connectivity index (χ2n) is 3.05. The summed E-state index contributed by atoms with van der Waals surface area (Å²) in [5.74, 6) is -0.423. The predicted molar refractivity (Wildman–Crippen MR) is 71.7 cm³/mol. The van der Waals surface area contributed by atoms with Crippen molar-refractivity contribution in [1.82, 2.24) is 4.98 Å². The van der Waals surface area contributed by atoms with Gasteiger partial charge in [-0.25, -0.2) is 4.39 Å². The fourth-order valence-corrected chi connectivity index (χ4v) is 2.73. The second-order valence-corrected chi connectivity index (χ2v) is 5.66. The highest BCUT2D eigenvalue weighted by Gasteiger charge is 2.13. The topological polar surface area (TPSA) is 39.2 Å². The van der Waals surface area contributed by atoms with Crippen LogP contribution in [-0.4, -0.2) is 11.3 Å². The van der Waals surface area contributed by atoms with E-state index in [4.69, 9.17) is 27.9 Å². The van der Waals surface area contributed by atoms with E-state index < -0.39 is 5.82 Å². The van der Waals surface area contributed by atoms with Gasteiger partial charge in [-0.05, 0) is 22.0 Å². The molecule has 3 nitrogen and oxygen atoms in total. The number of thiazole rings is 1. The predicted octanol–water partition coefficient (Wildman–Crippen LogP) is 4.96. The Bertz CT molecular complexity index is 620. The van der Waals surface area contributed by atoms with Gasteiger partial charge < -0.3 is 4.74 Å². The molecule has 1 aromatic heterocycles. The Morgan fingerprint density at radius 1 is 1.44 bits per heavy atom. The molecule has 2 aromatic rings. The number of ether oxygens (including phenoxy) is 1. The molecule has 0 amide bonds. The number of hydrogen-bond acceptors (Lipinski definition) is 4. The molecule has 0 atom stereocenters. The van der Waals surface area contributed by atoms with Gasteiger partial charge in [0.2, 0.25) is 0 Å². The van der Waals surface area contributed by atoms with Crippen LogP contribution in [0.3, 0.4) is 0 Å². The van der Waals surface area contributed by atoms with Crippen molar-refractivity contribution in [1.29, 1.82) is 0 Å². The first-order chi connectivity index (χ1) is 8.51. The van der Waals surface area contributed by atoms with Crippen molar-refractivity contribution in [3.05, 3.63) is 37.5 Å². The van der Waals surface area contributed by atoms with Crippen molar-refractivity contribution in [2.45, 2.75) is 0 Å². The van der Waals surface area contributed by atoms with Crippen LogP contribution in [0.15, 0.2) is 16.6 Å². The van der Waals surface area contributed by atoms with Gasteiger partial charge >= 0.3 is 0 Å². The number of aldehydes is 1. The van der Waals surface area contributed by atoms with Gasteiger partial charge in [-0.2, -0.15) is 4.98 Å². The van der Waals surface area contributed by atoms with Crippen LogP contribution in [0.4, 0.5) is 4.39 Å². The van der Waals surface area contributed by atoms with Crippen molar-refractivity contribution in [2.24, 2.45) is 0 Å². The molecule has 8 heteroatoms. The molecular formula is C10H3BrCl2FNO2S. The molecule has 0 bridgehead atoms. The molecule has 0 fully saturated rings. The van der Waals surface area contributed by atoms with E-state index in [0.29, 0.717) is 10.8 Å². The van der Waals surface area contributed by atoms with Crippen molar-refractivity contribution in [2.75, 3.05) is 0 Å². The maximum absolute atomic E-state index is 13.3. The molecule has 94 valence electrons. The third-order valence-electron chi connectivity index (χ3n) is 1.87. The highest BCUT2D eigenvalue weighted by atomic mass is 79.9. The van der Waals surface area contributed by atoms with Crippen LogP contribution in [0.1, 0.15) is 9.67 Å². The van der Waals surface area contributed by atoms with E-state index in [1.807, 2.05) is 0 Å². The quantitative estimate of drug-likeness (QED) is 0.566. The van der Waals surface area contributed by atoms with Crippen LogP contribution >= 0.6 is 50.5 Å². The van der Waals surface area contributed by atoms with E-state index in [9.17, 15) is 9.18 Å². The molecule has 0 aliphatic carbocycles. The summed E-state index contributed by atoms with van der Waals surface area (Å²) < 4.78 is 19.1. The average Bonchev–Trinajstić information content (AvgIpc) is 2.66. The Balaban J connectivity index is 2.33. The highest BCUT2D eigenvalue weighted by Crippen LogP contribution is 2.36. The number of hydrogen-bond donors (Lipinski definition) is 0. The number of carbonyl (C=O) groups is 1. The zero-order valence-electron chi connectivity index (χ0n) is 8.42. The average molecular weight is 371 g/mol. The molecule has 0 saturated heterocycles. The Hall–Kier alpha value is -0.690. The lowest BCUT2D eigenvalue weighted by Gasteiger charge is -2.05. The molecule has 0 N–H and O–H groups in total. The third-order valence-corrected chi connectivity index (χ3v) is 4.04. The molecule has 18 heavy (non-hydrogen) atoms. The maximum Gasteiger partial charge on any atom is 0.280 e. The van der Waals surface area contributed by atoms with Crippen molar-refractivity contribution < 1.29 is 13.9 Å². The van der Waals surface area contributed by atoms with Gasteiger partial charge in [0.1, 0.15) is 16.4 Å². The number of aromatic nitrogens is 1. The minimum Gasteiger partial charge on any atom is -0.430 e. The largest absolute Gasteiger partial charge is 0.430 e. The lowest BCUT2D eigenvalue weighted by molar-refractivity contribution is 0.112. The lowest BCUT2D eigenvalue weighted by atomic mass is 10.3. The van der Waals surface area contributed by atoms with Crippen molar-refractivity contribution in [3.63, 3.8) is 0 Å². The molecule has 0 spiro atoms.